The molecule has 4 rings (SSSR count). The fourth-order valence-electron chi connectivity index (χ4n) is 3.88. The van der Waals surface area contributed by atoms with E-state index in [-0.39, 0.29) is 94.1 Å². The van der Waals surface area contributed by atoms with Crippen molar-refractivity contribution in [2.45, 2.75) is 23.0 Å². The van der Waals surface area contributed by atoms with Crippen LogP contribution in [0.2, 0.25) is 0 Å². The third kappa shape index (κ3) is 5.78. The molecule has 3 atom stereocenters. The predicted molar refractivity (Wildman–Crippen MR) is 131 cm³/mol. The SMILES string of the molecule is CO[C@@]1(NC(=O)C(C(=O)O)c2ccc(O)cc2)C(=O)N2C(C(=O)O)=C(CSc3nnnn3C)CO[C@@H]21.[NaH].[NaH]. The summed E-state index contributed by atoms with van der Waals surface area (Å²) < 4.78 is 12.4. The number of carboxylic acids is 2. The molecule has 1 unspecified atom stereocenters. The Labute approximate surface area is 263 Å². The van der Waals surface area contributed by atoms with Gasteiger partial charge in [-0.05, 0) is 33.7 Å². The molecule has 1 fully saturated rings. The zero-order valence-electron chi connectivity index (χ0n) is 18.8. The summed E-state index contributed by atoms with van der Waals surface area (Å²) in [5.74, 6) is -6.73. The number of aliphatic carboxylic acids is 2. The monoisotopic (exact) mass is 568 g/mol. The number of benzene rings is 1. The number of ether oxygens (including phenoxy) is 2. The van der Waals surface area contributed by atoms with Crippen LogP contribution in [0.3, 0.4) is 0 Å². The first-order valence-electron chi connectivity index (χ1n) is 10.2. The van der Waals surface area contributed by atoms with Gasteiger partial charge < -0.3 is 30.1 Å². The van der Waals surface area contributed by atoms with Gasteiger partial charge in [0, 0.05) is 19.9 Å². The number of β-lactam (4-membered cyclic amide) rings is 1. The molecular formula is C20H22N6Na2O9S. The molecule has 0 saturated carbocycles. The van der Waals surface area contributed by atoms with Gasteiger partial charge in [0.25, 0.3) is 11.6 Å². The molecule has 0 aliphatic carbocycles. The zero-order valence-corrected chi connectivity index (χ0v) is 19.6. The first-order chi connectivity index (χ1) is 17.1. The second-order valence-corrected chi connectivity index (χ2v) is 8.70. The van der Waals surface area contributed by atoms with E-state index in [2.05, 4.69) is 20.8 Å². The van der Waals surface area contributed by atoms with E-state index in [1.807, 2.05) is 0 Å². The van der Waals surface area contributed by atoms with E-state index in [1.165, 1.54) is 28.9 Å². The number of phenols is 1. The second kappa shape index (κ2) is 12.9. The number of phenolic OH excluding ortho intramolecular Hbond substituents is 1. The fourth-order valence-corrected chi connectivity index (χ4v) is 4.72. The topological polar surface area (TPSA) is 206 Å². The Hall–Kier alpha value is -2.02. The van der Waals surface area contributed by atoms with Crippen LogP contribution in [0.4, 0.5) is 0 Å². The third-order valence-corrected chi connectivity index (χ3v) is 6.73. The number of hydrogen-bond acceptors (Lipinski definition) is 11. The fraction of sp³-hybridized carbons (Fsp3) is 0.350. The zero-order chi connectivity index (χ0) is 26.2. The summed E-state index contributed by atoms with van der Waals surface area (Å²) in [4.78, 5) is 51.0. The van der Waals surface area contributed by atoms with Gasteiger partial charge in [0.1, 0.15) is 11.4 Å². The molecule has 18 heteroatoms. The number of amides is 2. The van der Waals surface area contributed by atoms with Crippen LogP contribution in [0, 0.1) is 0 Å². The van der Waals surface area contributed by atoms with Gasteiger partial charge in [-0.3, -0.25) is 19.3 Å². The van der Waals surface area contributed by atoms with E-state index >= 15 is 0 Å². The number of aryl methyl sites for hydroxylation is 1. The molecular weight excluding hydrogens is 546 g/mol. The van der Waals surface area contributed by atoms with Crippen LogP contribution in [0.15, 0.2) is 40.7 Å². The van der Waals surface area contributed by atoms with Crippen LogP contribution in [0.5, 0.6) is 5.75 Å². The Morgan fingerprint density at radius 3 is 2.45 bits per heavy atom. The molecule has 2 aromatic rings. The average Bonchev–Trinajstić information content (AvgIpc) is 3.25. The van der Waals surface area contributed by atoms with Gasteiger partial charge in [-0.2, -0.15) is 0 Å². The van der Waals surface area contributed by atoms with Gasteiger partial charge >= 0.3 is 71.1 Å². The maximum atomic E-state index is 13.2. The number of carbonyl (C=O) groups is 4. The van der Waals surface area contributed by atoms with Gasteiger partial charge in [0.05, 0.1) is 6.61 Å². The third-order valence-electron chi connectivity index (χ3n) is 5.64. The van der Waals surface area contributed by atoms with E-state index in [9.17, 15) is 34.5 Å². The molecule has 2 amide bonds. The van der Waals surface area contributed by atoms with Crippen molar-refractivity contribution >= 4 is 94.6 Å². The molecule has 0 spiro atoms. The normalized spacial score (nSPS) is 20.8. The van der Waals surface area contributed by atoms with Crippen LogP contribution in [-0.2, 0) is 35.7 Å². The Morgan fingerprint density at radius 2 is 1.92 bits per heavy atom. The van der Waals surface area contributed by atoms with Gasteiger partial charge in [0.15, 0.2) is 12.1 Å². The van der Waals surface area contributed by atoms with Gasteiger partial charge in [-0.25, -0.2) is 9.48 Å². The maximum absolute atomic E-state index is 13.2. The summed E-state index contributed by atoms with van der Waals surface area (Å²) in [7, 11) is 2.71. The molecule has 1 aromatic heterocycles. The van der Waals surface area contributed by atoms with E-state index in [0.29, 0.717) is 5.16 Å². The minimum absolute atomic E-state index is 0. The van der Waals surface area contributed by atoms with Crippen molar-refractivity contribution in [2.24, 2.45) is 7.05 Å². The quantitative estimate of drug-likeness (QED) is 0.0818. The number of fused-ring (bicyclic) bond motifs is 1. The Balaban J connectivity index is 0.00000253. The van der Waals surface area contributed by atoms with Gasteiger partial charge in [-0.15, -0.1) is 5.10 Å². The molecule has 0 bridgehead atoms. The molecule has 4 N–H and O–H groups in total. The number of tetrazole rings is 1. The van der Waals surface area contributed by atoms with Crippen molar-refractivity contribution in [1.82, 2.24) is 30.4 Å². The van der Waals surface area contributed by atoms with Gasteiger partial charge in [0.2, 0.25) is 11.1 Å². The number of rotatable bonds is 9. The standard InChI is InChI=1S/C20H20N6O9S.2Na.2H/c1-25-19(22-23-24-25)36-8-10-7-35-18-20(34-2,17(33)26(18)13(10)16(31)32)21-14(28)12(15(29)30)9-3-5-11(27)6-4-9;;;;/h3-6,12,18,27H,7-8H2,1-2H3,(H,21,28)(H,29,30)(H,31,32);;;;/t12?,18-,20+;;;;/m1..../s1. The molecule has 38 heavy (non-hydrogen) atoms. The van der Waals surface area contributed by atoms with Crippen LogP contribution in [-0.4, -0.2) is 155 Å². The van der Waals surface area contributed by atoms with Crippen molar-refractivity contribution in [1.29, 1.82) is 0 Å². The molecule has 0 radical (unpaired) electrons. The number of carbonyl (C=O) groups excluding carboxylic acids is 2. The van der Waals surface area contributed by atoms with Crippen LogP contribution < -0.4 is 5.32 Å². The van der Waals surface area contributed by atoms with Crippen LogP contribution in [0.1, 0.15) is 11.5 Å². The number of nitrogens with zero attached hydrogens (tertiary/aromatic N) is 5. The van der Waals surface area contributed by atoms with E-state index < -0.39 is 41.6 Å². The summed E-state index contributed by atoms with van der Waals surface area (Å²) in [6.07, 6.45) is -1.36. The summed E-state index contributed by atoms with van der Waals surface area (Å²) >= 11 is 1.14. The number of methoxy groups -OCH3 is 1. The van der Waals surface area contributed by atoms with Crippen LogP contribution >= 0.6 is 11.8 Å². The molecule has 194 valence electrons. The Kier molecular flexibility index (Phi) is 10.9. The first kappa shape index (κ1) is 32.2. The van der Waals surface area contributed by atoms with Crippen molar-refractivity contribution in [3.8, 4) is 5.75 Å². The van der Waals surface area contributed by atoms with Crippen molar-refractivity contribution in [3.63, 3.8) is 0 Å². The van der Waals surface area contributed by atoms with Crippen molar-refractivity contribution in [2.75, 3.05) is 19.5 Å². The molecule has 3 heterocycles. The number of nitrogens with one attached hydrogen (secondary N) is 1. The number of hydrogen-bond donors (Lipinski definition) is 4. The minimum atomic E-state index is -2.14. The Bertz CT molecular complexity index is 1270. The average molecular weight is 568 g/mol. The molecule has 2 aliphatic rings. The Morgan fingerprint density at radius 1 is 1.26 bits per heavy atom. The van der Waals surface area contributed by atoms with Crippen LogP contribution in [0.25, 0.3) is 0 Å². The second-order valence-electron chi connectivity index (χ2n) is 7.76. The first-order valence-corrected chi connectivity index (χ1v) is 11.2. The number of thioether (sulfide) groups is 1. The van der Waals surface area contributed by atoms with Crippen molar-refractivity contribution < 1.29 is 44.0 Å². The van der Waals surface area contributed by atoms with E-state index in [1.54, 1.807) is 7.05 Å². The summed E-state index contributed by atoms with van der Waals surface area (Å²) in [6.45, 7) is -0.213. The molecule has 1 aromatic carbocycles. The molecule has 1 saturated heterocycles. The van der Waals surface area contributed by atoms with E-state index in [0.717, 1.165) is 23.8 Å². The number of carboxylic acid groups (broad SMARTS) is 2. The molecule has 15 nitrogen and oxygen atoms in total. The summed E-state index contributed by atoms with van der Waals surface area (Å²) in [5.41, 5.74) is -2.17. The van der Waals surface area contributed by atoms with Gasteiger partial charge in [-0.1, -0.05) is 23.9 Å². The summed E-state index contributed by atoms with van der Waals surface area (Å²) in [5, 5.41) is 42.6. The number of aromatic hydroxyl groups is 1. The number of aromatic nitrogens is 4. The van der Waals surface area contributed by atoms with Crippen molar-refractivity contribution in [3.05, 3.63) is 41.1 Å². The summed E-state index contributed by atoms with van der Waals surface area (Å²) in [6, 6.07) is 4.93. The molecule has 2 aliphatic heterocycles. The predicted octanol–water partition coefficient (Wildman–Crippen LogP) is -2.42. The van der Waals surface area contributed by atoms with E-state index in [4.69, 9.17) is 9.47 Å².